The zero-order valence-corrected chi connectivity index (χ0v) is 10.8. The fraction of sp³-hybridized carbons (Fsp3) is 0.429. The van der Waals surface area contributed by atoms with Crippen molar-refractivity contribution in [1.82, 2.24) is 9.78 Å². The van der Waals surface area contributed by atoms with E-state index in [2.05, 4.69) is 5.10 Å². The number of carbonyl (C=O) groups is 1. The van der Waals surface area contributed by atoms with Crippen LogP contribution in [0.1, 0.15) is 16.8 Å². The molecule has 0 bridgehead atoms. The zero-order valence-electron chi connectivity index (χ0n) is 10.8. The van der Waals surface area contributed by atoms with Crippen LogP contribution in [-0.4, -0.2) is 36.4 Å². The van der Waals surface area contributed by atoms with Crippen molar-refractivity contribution in [3.8, 4) is 5.75 Å². The van der Waals surface area contributed by atoms with Crippen molar-refractivity contribution in [2.75, 3.05) is 20.3 Å². The molecular weight excluding hydrogens is 244 g/mol. The summed E-state index contributed by atoms with van der Waals surface area (Å²) in [4.78, 5) is 11.0. The summed E-state index contributed by atoms with van der Waals surface area (Å²) < 4.78 is 12.5. The second-order valence-corrected chi connectivity index (χ2v) is 4.85. The van der Waals surface area contributed by atoms with Crippen LogP contribution in [0.25, 0.3) is 10.9 Å². The SMILES string of the molecule is COc1cc2nn(CC3CCOC3)cc2cc1C=O. The van der Waals surface area contributed by atoms with Crippen LogP contribution in [0.2, 0.25) is 0 Å². The van der Waals surface area contributed by atoms with Gasteiger partial charge in [-0.2, -0.15) is 5.10 Å². The quantitative estimate of drug-likeness (QED) is 0.788. The van der Waals surface area contributed by atoms with Crippen molar-refractivity contribution in [2.45, 2.75) is 13.0 Å². The van der Waals surface area contributed by atoms with E-state index in [1.807, 2.05) is 16.9 Å². The second-order valence-electron chi connectivity index (χ2n) is 4.85. The van der Waals surface area contributed by atoms with Gasteiger partial charge in [-0.1, -0.05) is 0 Å². The molecule has 0 N–H and O–H groups in total. The molecule has 1 fully saturated rings. The van der Waals surface area contributed by atoms with Crippen LogP contribution in [0.15, 0.2) is 18.3 Å². The molecule has 1 aromatic carbocycles. The number of rotatable bonds is 4. The van der Waals surface area contributed by atoms with Gasteiger partial charge in [-0.15, -0.1) is 0 Å². The van der Waals surface area contributed by atoms with Gasteiger partial charge in [0.15, 0.2) is 6.29 Å². The number of carbonyl (C=O) groups excluding carboxylic acids is 1. The number of fused-ring (bicyclic) bond motifs is 1. The lowest BCUT2D eigenvalue weighted by Gasteiger charge is -2.06. The molecule has 1 saturated heterocycles. The van der Waals surface area contributed by atoms with E-state index >= 15 is 0 Å². The van der Waals surface area contributed by atoms with E-state index in [0.29, 0.717) is 17.2 Å². The Labute approximate surface area is 111 Å². The number of nitrogens with zero attached hydrogens (tertiary/aromatic N) is 2. The highest BCUT2D eigenvalue weighted by Gasteiger charge is 2.17. The lowest BCUT2D eigenvalue weighted by Crippen LogP contribution is -2.10. The Bertz CT molecular complexity index is 600. The van der Waals surface area contributed by atoms with Crippen LogP contribution in [0.5, 0.6) is 5.75 Å². The van der Waals surface area contributed by atoms with Gasteiger partial charge in [0.05, 0.1) is 24.8 Å². The van der Waals surface area contributed by atoms with E-state index in [0.717, 1.165) is 43.4 Å². The van der Waals surface area contributed by atoms with Gasteiger partial charge in [-0.3, -0.25) is 9.48 Å². The maximum Gasteiger partial charge on any atom is 0.153 e. The molecule has 0 aliphatic carbocycles. The molecule has 1 atom stereocenters. The van der Waals surface area contributed by atoms with Crippen molar-refractivity contribution >= 4 is 17.2 Å². The van der Waals surface area contributed by atoms with Crippen molar-refractivity contribution in [1.29, 1.82) is 0 Å². The first-order chi connectivity index (χ1) is 9.30. The summed E-state index contributed by atoms with van der Waals surface area (Å²) >= 11 is 0. The molecule has 0 saturated carbocycles. The summed E-state index contributed by atoms with van der Waals surface area (Å²) in [6.07, 6.45) is 3.86. The van der Waals surface area contributed by atoms with Gasteiger partial charge < -0.3 is 9.47 Å². The molecule has 5 nitrogen and oxygen atoms in total. The van der Waals surface area contributed by atoms with Crippen LogP contribution in [0, 0.1) is 5.92 Å². The van der Waals surface area contributed by atoms with Crippen LogP contribution in [0.3, 0.4) is 0 Å². The first-order valence-corrected chi connectivity index (χ1v) is 6.38. The summed E-state index contributed by atoms with van der Waals surface area (Å²) in [6.45, 7) is 2.50. The Morgan fingerprint density at radius 1 is 1.58 bits per heavy atom. The van der Waals surface area contributed by atoms with E-state index in [9.17, 15) is 4.79 Å². The highest BCUT2D eigenvalue weighted by Crippen LogP contribution is 2.24. The predicted molar refractivity (Wildman–Crippen MR) is 70.6 cm³/mol. The van der Waals surface area contributed by atoms with Gasteiger partial charge in [0.1, 0.15) is 5.75 Å². The number of aldehydes is 1. The van der Waals surface area contributed by atoms with Crippen LogP contribution < -0.4 is 4.74 Å². The Kier molecular flexibility index (Phi) is 3.21. The smallest absolute Gasteiger partial charge is 0.153 e. The second kappa shape index (κ2) is 5.01. The molecule has 1 aliphatic heterocycles. The third-order valence-corrected chi connectivity index (χ3v) is 3.50. The Morgan fingerprint density at radius 3 is 3.16 bits per heavy atom. The number of hydrogen-bond acceptors (Lipinski definition) is 4. The molecule has 1 unspecified atom stereocenters. The van der Waals surface area contributed by atoms with Gasteiger partial charge in [-0.25, -0.2) is 0 Å². The van der Waals surface area contributed by atoms with Crippen LogP contribution >= 0.6 is 0 Å². The average Bonchev–Trinajstić information content (AvgIpc) is 3.05. The lowest BCUT2D eigenvalue weighted by molar-refractivity contribution is 0.112. The summed E-state index contributed by atoms with van der Waals surface area (Å²) in [5.74, 6) is 1.10. The fourth-order valence-corrected chi connectivity index (χ4v) is 2.48. The third kappa shape index (κ3) is 2.33. The van der Waals surface area contributed by atoms with Crippen LogP contribution in [-0.2, 0) is 11.3 Å². The summed E-state index contributed by atoms with van der Waals surface area (Å²) in [6, 6.07) is 3.62. The third-order valence-electron chi connectivity index (χ3n) is 3.50. The van der Waals surface area contributed by atoms with Crippen LogP contribution in [0.4, 0.5) is 0 Å². The monoisotopic (exact) mass is 260 g/mol. The molecule has 2 heterocycles. The topological polar surface area (TPSA) is 53.4 Å². The molecule has 0 radical (unpaired) electrons. The van der Waals surface area contributed by atoms with E-state index < -0.39 is 0 Å². The minimum Gasteiger partial charge on any atom is -0.496 e. The first-order valence-electron chi connectivity index (χ1n) is 6.38. The average molecular weight is 260 g/mol. The van der Waals surface area contributed by atoms with Crippen molar-refractivity contribution in [3.05, 3.63) is 23.9 Å². The molecular formula is C14H16N2O3. The summed E-state index contributed by atoms with van der Waals surface area (Å²) in [5, 5.41) is 5.49. The van der Waals surface area contributed by atoms with Gasteiger partial charge >= 0.3 is 0 Å². The fourth-order valence-electron chi connectivity index (χ4n) is 2.48. The number of benzene rings is 1. The van der Waals surface area contributed by atoms with E-state index in [-0.39, 0.29) is 0 Å². The first kappa shape index (κ1) is 12.2. The molecule has 1 aromatic heterocycles. The number of methoxy groups -OCH3 is 1. The zero-order chi connectivity index (χ0) is 13.2. The molecule has 100 valence electrons. The largest absolute Gasteiger partial charge is 0.496 e. The van der Waals surface area contributed by atoms with Crippen molar-refractivity contribution in [2.24, 2.45) is 5.92 Å². The van der Waals surface area contributed by atoms with E-state index in [1.165, 1.54) is 0 Å². The van der Waals surface area contributed by atoms with Gasteiger partial charge in [-0.05, 0) is 12.5 Å². The highest BCUT2D eigenvalue weighted by atomic mass is 16.5. The van der Waals surface area contributed by atoms with Crippen molar-refractivity contribution < 1.29 is 14.3 Å². The molecule has 0 amide bonds. The Morgan fingerprint density at radius 2 is 2.47 bits per heavy atom. The molecule has 0 spiro atoms. The molecule has 5 heteroatoms. The minimum absolute atomic E-state index is 0.529. The van der Waals surface area contributed by atoms with Gasteiger partial charge in [0, 0.05) is 36.7 Å². The highest BCUT2D eigenvalue weighted by molar-refractivity contribution is 5.90. The molecule has 19 heavy (non-hydrogen) atoms. The minimum atomic E-state index is 0.529. The van der Waals surface area contributed by atoms with Crippen molar-refractivity contribution in [3.63, 3.8) is 0 Å². The molecule has 3 rings (SSSR count). The van der Waals surface area contributed by atoms with E-state index in [4.69, 9.17) is 9.47 Å². The number of ether oxygens (including phenoxy) is 2. The Balaban J connectivity index is 1.93. The predicted octanol–water partition coefficient (Wildman–Crippen LogP) is 1.89. The molecule has 1 aliphatic rings. The summed E-state index contributed by atoms with van der Waals surface area (Å²) in [7, 11) is 1.56. The number of hydrogen-bond donors (Lipinski definition) is 0. The van der Waals surface area contributed by atoms with Gasteiger partial charge in [0.25, 0.3) is 0 Å². The lowest BCUT2D eigenvalue weighted by atomic mass is 10.1. The van der Waals surface area contributed by atoms with Gasteiger partial charge in [0.2, 0.25) is 0 Å². The number of aromatic nitrogens is 2. The standard InChI is InChI=1S/C14H16N2O3/c1-18-14-5-13-11(4-12(14)8-17)7-16(15-13)6-10-2-3-19-9-10/h4-5,7-8,10H,2-3,6,9H2,1H3. The Hall–Kier alpha value is -1.88. The maximum atomic E-state index is 11.0. The molecule has 2 aromatic rings. The maximum absolute atomic E-state index is 11.0. The summed E-state index contributed by atoms with van der Waals surface area (Å²) in [5.41, 5.74) is 1.40. The van der Waals surface area contributed by atoms with E-state index in [1.54, 1.807) is 13.2 Å². The normalized spacial score (nSPS) is 18.9.